The molecular weight excluding hydrogens is 344 g/mol. The molecule has 0 radical (unpaired) electrons. The van der Waals surface area contributed by atoms with Crippen LogP contribution in [0.2, 0.25) is 0 Å². The van der Waals surface area contributed by atoms with Crippen LogP contribution in [0.25, 0.3) is 0 Å². The van der Waals surface area contributed by atoms with Crippen molar-refractivity contribution >= 4 is 29.9 Å². The zero-order valence-corrected chi connectivity index (χ0v) is 12.8. The molecule has 2 N–H and O–H groups in total. The molecule has 1 fully saturated rings. The summed E-state index contributed by atoms with van der Waals surface area (Å²) in [5, 5.41) is 6.48. The molecular formula is C13H19FIN3. The third kappa shape index (κ3) is 5.20. The van der Waals surface area contributed by atoms with E-state index >= 15 is 0 Å². The Morgan fingerprint density at radius 3 is 2.50 bits per heavy atom. The standard InChI is InChI=1S/C13H18FN3.HI/c1-15-13(16-8-10-2-3-10)17-9-11-4-6-12(14)7-5-11;/h4-7,10H,2-3,8-9H2,1H3,(H2,15,16,17);1H. The van der Waals surface area contributed by atoms with Gasteiger partial charge in [-0.05, 0) is 36.5 Å². The van der Waals surface area contributed by atoms with Gasteiger partial charge in [0.25, 0.3) is 0 Å². The van der Waals surface area contributed by atoms with Crippen LogP contribution < -0.4 is 10.6 Å². The van der Waals surface area contributed by atoms with Crippen LogP contribution in [0.4, 0.5) is 4.39 Å². The lowest BCUT2D eigenvalue weighted by molar-refractivity contribution is 0.626. The van der Waals surface area contributed by atoms with Gasteiger partial charge in [-0.2, -0.15) is 0 Å². The van der Waals surface area contributed by atoms with E-state index in [4.69, 9.17) is 0 Å². The lowest BCUT2D eigenvalue weighted by atomic mass is 10.2. The number of nitrogens with zero attached hydrogens (tertiary/aromatic N) is 1. The number of aliphatic imine (C=N–C) groups is 1. The molecule has 0 atom stereocenters. The van der Waals surface area contributed by atoms with Gasteiger partial charge in [0.2, 0.25) is 0 Å². The first-order chi connectivity index (χ1) is 8.28. The highest BCUT2D eigenvalue weighted by molar-refractivity contribution is 14.0. The van der Waals surface area contributed by atoms with E-state index in [1.807, 2.05) is 0 Å². The van der Waals surface area contributed by atoms with Crippen molar-refractivity contribution in [1.29, 1.82) is 0 Å². The van der Waals surface area contributed by atoms with Crippen molar-refractivity contribution in [2.45, 2.75) is 19.4 Å². The number of halogens is 2. The van der Waals surface area contributed by atoms with Gasteiger partial charge in [0.15, 0.2) is 5.96 Å². The second-order valence-corrected chi connectivity index (χ2v) is 4.38. The van der Waals surface area contributed by atoms with Crippen molar-refractivity contribution in [3.63, 3.8) is 0 Å². The molecule has 1 aliphatic carbocycles. The Morgan fingerprint density at radius 1 is 1.28 bits per heavy atom. The molecule has 100 valence electrons. The molecule has 0 amide bonds. The van der Waals surface area contributed by atoms with Gasteiger partial charge in [0.05, 0.1) is 0 Å². The summed E-state index contributed by atoms with van der Waals surface area (Å²) in [5.41, 5.74) is 1.04. The quantitative estimate of drug-likeness (QED) is 0.490. The van der Waals surface area contributed by atoms with E-state index in [0.717, 1.165) is 24.0 Å². The normalized spacial score (nSPS) is 14.9. The Labute approximate surface area is 124 Å². The second kappa shape index (κ2) is 7.56. The maximum Gasteiger partial charge on any atom is 0.191 e. The highest BCUT2D eigenvalue weighted by Crippen LogP contribution is 2.27. The fourth-order valence-corrected chi connectivity index (χ4v) is 1.57. The summed E-state index contributed by atoms with van der Waals surface area (Å²) < 4.78 is 12.7. The van der Waals surface area contributed by atoms with Gasteiger partial charge in [-0.15, -0.1) is 24.0 Å². The fraction of sp³-hybridized carbons (Fsp3) is 0.462. The molecule has 0 aliphatic heterocycles. The number of benzene rings is 1. The van der Waals surface area contributed by atoms with Gasteiger partial charge >= 0.3 is 0 Å². The molecule has 1 aromatic rings. The summed E-state index contributed by atoms with van der Waals surface area (Å²) in [4.78, 5) is 4.14. The van der Waals surface area contributed by atoms with E-state index in [9.17, 15) is 4.39 Å². The smallest absolute Gasteiger partial charge is 0.191 e. The van der Waals surface area contributed by atoms with Crippen LogP contribution in [0.1, 0.15) is 18.4 Å². The van der Waals surface area contributed by atoms with Crippen LogP contribution in [0.15, 0.2) is 29.3 Å². The highest BCUT2D eigenvalue weighted by Gasteiger charge is 2.20. The Bertz CT molecular complexity index is 388. The minimum Gasteiger partial charge on any atom is -0.356 e. The topological polar surface area (TPSA) is 36.4 Å². The van der Waals surface area contributed by atoms with Crippen LogP contribution >= 0.6 is 24.0 Å². The molecule has 0 spiro atoms. The monoisotopic (exact) mass is 363 g/mol. The summed E-state index contributed by atoms with van der Waals surface area (Å²) >= 11 is 0. The molecule has 18 heavy (non-hydrogen) atoms. The number of hydrogen-bond donors (Lipinski definition) is 2. The largest absolute Gasteiger partial charge is 0.356 e. The van der Waals surface area contributed by atoms with Crippen LogP contribution in [-0.2, 0) is 6.54 Å². The summed E-state index contributed by atoms with van der Waals surface area (Å²) in [6, 6.07) is 6.49. The Hall–Kier alpha value is -0.850. The lowest BCUT2D eigenvalue weighted by Gasteiger charge is -2.11. The molecule has 0 saturated heterocycles. The van der Waals surface area contributed by atoms with Gasteiger partial charge in [0.1, 0.15) is 5.82 Å². The van der Waals surface area contributed by atoms with Gasteiger partial charge in [0, 0.05) is 20.1 Å². The highest BCUT2D eigenvalue weighted by atomic mass is 127. The number of guanidine groups is 1. The maximum absolute atomic E-state index is 12.7. The molecule has 1 aromatic carbocycles. The van der Waals surface area contributed by atoms with Crippen molar-refractivity contribution in [1.82, 2.24) is 10.6 Å². The maximum atomic E-state index is 12.7. The zero-order chi connectivity index (χ0) is 12.1. The molecule has 0 bridgehead atoms. The lowest BCUT2D eigenvalue weighted by Crippen LogP contribution is -2.37. The Morgan fingerprint density at radius 2 is 1.94 bits per heavy atom. The van der Waals surface area contributed by atoms with E-state index in [0.29, 0.717) is 6.54 Å². The van der Waals surface area contributed by atoms with Gasteiger partial charge < -0.3 is 10.6 Å². The first-order valence-corrected chi connectivity index (χ1v) is 5.97. The van der Waals surface area contributed by atoms with E-state index < -0.39 is 0 Å². The van der Waals surface area contributed by atoms with Crippen molar-refractivity contribution in [3.05, 3.63) is 35.6 Å². The summed E-state index contributed by atoms with van der Waals surface area (Å²) in [5.74, 6) is 1.42. The van der Waals surface area contributed by atoms with E-state index in [1.54, 1.807) is 19.2 Å². The van der Waals surface area contributed by atoms with Gasteiger partial charge in [-0.3, -0.25) is 4.99 Å². The average Bonchev–Trinajstić information content (AvgIpc) is 3.15. The first kappa shape index (κ1) is 15.2. The van der Waals surface area contributed by atoms with E-state index in [-0.39, 0.29) is 29.8 Å². The fourth-order valence-electron chi connectivity index (χ4n) is 1.57. The number of nitrogens with one attached hydrogen (secondary N) is 2. The minimum atomic E-state index is -0.204. The van der Waals surface area contributed by atoms with E-state index in [1.165, 1.54) is 25.0 Å². The van der Waals surface area contributed by atoms with Crippen molar-refractivity contribution in [3.8, 4) is 0 Å². The van der Waals surface area contributed by atoms with Crippen molar-refractivity contribution < 1.29 is 4.39 Å². The van der Waals surface area contributed by atoms with Crippen LogP contribution in [0.3, 0.4) is 0 Å². The molecule has 1 saturated carbocycles. The SMILES string of the molecule is CN=C(NCc1ccc(F)cc1)NCC1CC1.I. The first-order valence-electron chi connectivity index (χ1n) is 5.97. The summed E-state index contributed by atoms with van der Waals surface area (Å²) in [6.45, 7) is 1.65. The molecule has 3 nitrogen and oxygen atoms in total. The predicted molar refractivity (Wildman–Crippen MR) is 82.7 cm³/mol. The third-order valence-corrected chi connectivity index (χ3v) is 2.85. The Balaban J connectivity index is 0.00000162. The number of hydrogen-bond acceptors (Lipinski definition) is 1. The Kier molecular flexibility index (Phi) is 6.38. The van der Waals surface area contributed by atoms with Crippen LogP contribution in [0, 0.1) is 11.7 Å². The number of rotatable bonds is 4. The summed E-state index contributed by atoms with van der Waals surface area (Å²) in [7, 11) is 1.76. The molecule has 0 heterocycles. The average molecular weight is 363 g/mol. The molecule has 0 aromatic heterocycles. The second-order valence-electron chi connectivity index (χ2n) is 4.38. The van der Waals surface area contributed by atoms with E-state index in [2.05, 4.69) is 15.6 Å². The minimum absolute atomic E-state index is 0. The zero-order valence-electron chi connectivity index (χ0n) is 10.4. The van der Waals surface area contributed by atoms with Gasteiger partial charge in [-0.25, -0.2) is 4.39 Å². The molecule has 2 rings (SSSR count). The van der Waals surface area contributed by atoms with Crippen molar-refractivity contribution in [2.75, 3.05) is 13.6 Å². The predicted octanol–water partition coefficient (Wildman–Crippen LogP) is 2.52. The summed E-state index contributed by atoms with van der Waals surface area (Å²) in [6.07, 6.45) is 2.64. The molecule has 5 heteroatoms. The van der Waals surface area contributed by atoms with Crippen LogP contribution in [-0.4, -0.2) is 19.6 Å². The molecule has 0 unspecified atom stereocenters. The third-order valence-electron chi connectivity index (χ3n) is 2.85. The molecule has 1 aliphatic rings. The van der Waals surface area contributed by atoms with Crippen molar-refractivity contribution in [2.24, 2.45) is 10.9 Å². The van der Waals surface area contributed by atoms with Crippen LogP contribution in [0.5, 0.6) is 0 Å². The van der Waals surface area contributed by atoms with Gasteiger partial charge in [-0.1, -0.05) is 12.1 Å².